The highest BCUT2D eigenvalue weighted by molar-refractivity contribution is 6.12. The minimum Gasteiger partial charge on any atom is -0.462 e. The zero-order valence-corrected chi connectivity index (χ0v) is 25.1. The van der Waals surface area contributed by atoms with Crippen LogP contribution in [-0.2, 0) is 16.1 Å². The van der Waals surface area contributed by atoms with Crippen LogP contribution in [0.1, 0.15) is 80.4 Å². The average molecular weight is 583 g/mol. The van der Waals surface area contributed by atoms with Gasteiger partial charge in [0.05, 0.1) is 23.8 Å². The fourth-order valence-electron chi connectivity index (χ4n) is 5.97. The van der Waals surface area contributed by atoms with Crippen molar-refractivity contribution in [2.24, 2.45) is 0 Å². The van der Waals surface area contributed by atoms with Crippen molar-refractivity contribution >= 4 is 17.6 Å². The molecule has 5 rings (SSSR count). The Morgan fingerprint density at radius 1 is 0.977 bits per heavy atom. The molecule has 6 nitrogen and oxygen atoms in total. The molecule has 0 aliphatic carbocycles. The molecule has 1 fully saturated rings. The molecule has 224 valence electrons. The molecular weight excluding hydrogens is 543 g/mol. The number of hydrogen-bond acceptors (Lipinski definition) is 4. The van der Waals surface area contributed by atoms with Crippen LogP contribution in [0.15, 0.2) is 78.9 Å². The number of cyclic esters (lactones) is 1. The van der Waals surface area contributed by atoms with Gasteiger partial charge in [0.15, 0.2) is 0 Å². The van der Waals surface area contributed by atoms with Crippen molar-refractivity contribution in [2.45, 2.75) is 77.5 Å². The standard InChI is InChI=1S/C36H39FN2O4/c1-22(2)25-9-8-10-26(19-25)32-33(36(42)38-28-11-6-5-7-12-28)34(23(3)4)39(35(32)24-13-15-27(37)16-14-24)18-17-30-20-29(40)21-31(41)43-30/h5-16,19,22-23,29-30,40H,17-18,20-21H2,1-4H3,(H,38,42). The molecule has 3 aromatic carbocycles. The molecule has 0 spiro atoms. The maximum Gasteiger partial charge on any atom is 0.308 e. The average Bonchev–Trinajstić information content (AvgIpc) is 3.32. The number of para-hydroxylation sites is 1. The lowest BCUT2D eigenvalue weighted by Crippen LogP contribution is -2.33. The molecule has 2 N–H and O–H groups in total. The molecule has 1 aliphatic heterocycles. The summed E-state index contributed by atoms with van der Waals surface area (Å²) in [6, 6.07) is 23.9. The molecule has 1 aromatic heterocycles. The predicted octanol–water partition coefficient (Wildman–Crippen LogP) is 7.92. The van der Waals surface area contributed by atoms with Crippen LogP contribution in [0.4, 0.5) is 10.1 Å². The van der Waals surface area contributed by atoms with Crippen LogP contribution in [-0.4, -0.2) is 33.8 Å². The van der Waals surface area contributed by atoms with Crippen molar-refractivity contribution in [3.63, 3.8) is 0 Å². The number of ether oxygens (including phenoxy) is 1. The summed E-state index contributed by atoms with van der Waals surface area (Å²) in [4.78, 5) is 26.4. The maximum absolute atomic E-state index is 14.3. The van der Waals surface area contributed by atoms with E-state index in [0.717, 1.165) is 33.6 Å². The minimum absolute atomic E-state index is 0.00175. The molecule has 2 atom stereocenters. The minimum atomic E-state index is -0.737. The first-order valence-corrected chi connectivity index (χ1v) is 15.0. The van der Waals surface area contributed by atoms with Crippen LogP contribution in [0.2, 0.25) is 0 Å². The number of anilines is 1. The van der Waals surface area contributed by atoms with E-state index in [1.54, 1.807) is 12.1 Å². The number of esters is 1. The number of benzene rings is 3. The molecular formula is C36H39FN2O4. The second kappa shape index (κ2) is 13.0. The van der Waals surface area contributed by atoms with Gasteiger partial charge in [-0.2, -0.15) is 0 Å². The number of halogens is 1. The Kier molecular flexibility index (Phi) is 9.11. The van der Waals surface area contributed by atoms with Gasteiger partial charge in [-0.15, -0.1) is 0 Å². The van der Waals surface area contributed by atoms with E-state index in [1.165, 1.54) is 12.1 Å². The number of hydrogen-bond donors (Lipinski definition) is 2. The molecule has 0 bridgehead atoms. The Labute approximate surface area is 252 Å². The second-order valence-corrected chi connectivity index (χ2v) is 11.9. The molecule has 43 heavy (non-hydrogen) atoms. The lowest BCUT2D eigenvalue weighted by molar-refractivity contribution is -0.160. The smallest absolute Gasteiger partial charge is 0.308 e. The maximum atomic E-state index is 14.3. The van der Waals surface area contributed by atoms with E-state index in [-0.39, 0.29) is 30.0 Å². The zero-order chi connectivity index (χ0) is 30.7. The topological polar surface area (TPSA) is 80.6 Å². The summed E-state index contributed by atoms with van der Waals surface area (Å²) >= 11 is 0. The SMILES string of the molecule is CC(C)c1cccc(-c2c(C(=O)Nc3ccccc3)c(C(C)C)n(CCC3CC(O)CC(=O)O3)c2-c2ccc(F)cc2)c1. The number of nitrogens with one attached hydrogen (secondary N) is 1. The monoisotopic (exact) mass is 582 g/mol. The number of rotatable bonds is 9. The van der Waals surface area contributed by atoms with Gasteiger partial charge in [0, 0.05) is 36.3 Å². The predicted molar refractivity (Wildman–Crippen MR) is 168 cm³/mol. The van der Waals surface area contributed by atoms with Crippen LogP contribution in [0, 0.1) is 5.82 Å². The highest BCUT2D eigenvalue weighted by atomic mass is 19.1. The Bertz CT molecular complexity index is 1590. The number of carbonyl (C=O) groups is 2. The van der Waals surface area contributed by atoms with Crippen LogP contribution < -0.4 is 5.32 Å². The summed E-state index contributed by atoms with van der Waals surface area (Å²) in [5, 5.41) is 13.3. The third-order valence-corrected chi connectivity index (χ3v) is 7.98. The van der Waals surface area contributed by atoms with Crippen LogP contribution >= 0.6 is 0 Å². The van der Waals surface area contributed by atoms with E-state index in [1.807, 2.05) is 42.5 Å². The molecule has 1 aliphatic rings. The third kappa shape index (κ3) is 6.73. The van der Waals surface area contributed by atoms with Gasteiger partial charge in [-0.1, -0.05) is 70.2 Å². The van der Waals surface area contributed by atoms with Gasteiger partial charge >= 0.3 is 5.97 Å². The number of amides is 1. The Balaban J connectivity index is 1.75. The molecule has 2 unspecified atom stereocenters. The molecule has 4 aromatic rings. The van der Waals surface area contributed by atoms with Gasteiger partial charge in [0.1, 0.15) is 11.9 Å². The zero-order valence-electron chi connectivity index (χ0n) is 25.1. The largest absolute Gasteiger partial charge is 0.462 e. The Morgan fingerprint density at radius 3 is 2.35 bits per heavy atom. The van der Waals surface area contributed by atoms with E-state index in [0.29, 0.717) is 30.6 Å². The van der Waals surface area contributed by atoms with Crippen LogP contribution in [0.5, 0.6) is 0 Å². The van der Waals surface area contributed by atoms with Crippen molar-refractivity contribution in [3.8, 4) is 22.4 Å². The van der Waals surface area contributed by atoms with Crippen molar-refractivity contribution in [3.05, 3.63) is 102 Å². The van der Waals surface area contributed by atoms with Crippen molar-refractivity contribution < 1.29 is 23.8 Å². The summed E-state index contributed by atoms with van der Waals surface area (Å²) in [7, 11) is 0. The highest BCUT2D eigenvalue weighted by Crippen LogP contribution is 2.43. The van der Waals surface area contributed by atoms with Crippen molar-refractivity contribution in [1.82, 2.24) is 4.57 Å². The van der Waals surface area contributed by atoms with E-state index >= 15 is 0 Å². The van der Waals surface area contributed by atoms with Gasteiger partial charge in [0.25, 0.3) is 5.91 Å². The molecule has 1 amide bonds. The summed E-state index contributed by atoms with van der Waals surface area (Å²) in [5.41, 5.74) is 6.44. The number of aliphatic hydroxyl groups is 1. The Hall–Kier alpha value is -4.23. The second-order valence-electron chi connectivity index (χ2n) is 11.9. The van der Waals surface area contributed by atoms with E-state index in [9.17, 15) is 19.1 Å². The molecule has 2 heterocycles. The quantitative estimate of drug-likeness (QED) is 0.197. The fourth-order valence-corrected chi connectivity index (χ4v) is 5.97. The van der Waals surface area contributed by atoms with Crippen LogP contribution in [0.25, 0.3) is 22.4 Å². The van der Waals surface area contributed by atoms with Crippen molar-refractivity contribution in [1.29, 1.82) is 0 Å². The summed E-state index contributed by atoms with van der Waals surface area (Å²) in [6.07, 6.45) is -0.372. The van der Waals surface area contributed by atoms with E-state index < -0.39 is 18.2 Å². The lowest BCUT2D eigenvalue weighted by atomic mass is 9.91. The fraction of sp³-hybridized carbons (Fsp3) is 0.333. The normalized spacial score (nSPS) is 16.9. The van der Waals surface area contributed by atoms with E-state index in [2.05, 4.69) is 49.7 Å². The van der Waals surface area contributed by atoms with Gasteiger partial charge in [0.2, 0.25) is 0 Å². The number of carbonyl (C=O) groups excluding carboxylic acids is 2. The summed E-state index contributed by atoms with van der Waals surface area (Å²) < 4.78 is 21.9. The first-order valence-electron chi connectivity index (χ1n) is 15.0. The third-order valence-electron chi connectivity index (χ3n) is 7.98. The number of aromatic nitrogens is 1. The van der Waals surface area contributed by atoms with Gasteiger partial charge in [-0.3, -0.25) is 9.59 Å². The summed E-state index contributed by atoms with van der Waals surface area (Å²) in [6.45, 7) is 8.80. The number of aliphatic hydroxyl groups excluding tert-OH is 1. The molecule has 0 radical (unpaired) electrons. The molecule has 1 saturated heterocycles. The first-order chi connectivity index (χ1) is 20.6. The molecule has 0 saturated carbocycles. The van der Waals surface area contributed by atoms with Crippen LogP contribution in [0.3, 0.4) is 0 Å². The molecule has 7 heteroatoms. The first kappa shape index (κ1) is 30.2. The lowest BCUT2D eigenvalue weighted by Gasteiger charge is -2.27. The van der Waals surface area contributed by atoms with Gasteiger partial charge in [-0.25, -0.2) is 4.39 Å². The van der Waals surface area contributed by atoms with Gasteiger partial charge in [-0.05, 0) is 64.9 Å². The van der Waals surface area contributed by atoms with E-state index in [4.69, 9.17) is 4.74 Å². The van der Waals surface area contributed by atoms with Gasteiger partial charge < -0.3 is 19.7 Å². The Morgan fingerprint density at radius 2 is 1.70 bits per heavy atom. The number of nitrogens with zero attached hydrogens (tertiary/aromatic N) is 1. The van der Waals surface area contributed by atoms with Crippen molar-refractivity contribution in [2.75, 3.05) is 5.32 Å². The summed E-state index contributed by atoms with van der Waals surface area (Å²) in [5.74, 6) is -0.777. The highest BCUT2D eigenvalue weighted by Gasteiger charge is 2.32.